The normalized spacial score (nSPS) is 10.7. The van der Waals surface area contributed by atoms with E-state index in [1.165, 1.54) is 55.6 Å². The van der Waals surface area contributed by atoms with Crippen LogP contribution in [0.2, 0.25) is 0 Å². The van der Waals surface area contributed by atoms with Crippen LogP contribution in [0.15, 0.2) is 59.4 Å². The molecular formula is C21H18F3N3O4. The van der Waals surface area contributed by atoms with Crippen molar-refractivity contribution in [2.24, 2.45) is 0 Å². The number of carbonyl (C=O) groups excluding carboxylic acids is 1. The van der Waals surface area contributed by atoms with Crippen LogP contribution in [0.3, 0.4) is 0 Å². The number of aromatic nitrogens is 2. The zero-order chi connectivity index (χ0) is 22.4. The second kappa shape index (κ2) is 9.79. The van der Waals surface area contributed by atoms with Crippen LogP contribution in [-0.2, 0) is 6.42 Å². The number of hydrogen-bond donors (Lipinski definition) is 1. The van der Waals surface area contributed by atoms with E-state index in [2.05, 4.69) is 15.2 Å². The molecule has 0 aliphatic carbocycles. The summed E-state index contributed by atoms with van der Waals surface area (Å²) in [5, 5.41) is 6.66. The lowest BCUT2D eigenvalue weighted by atomic mass is 10.1. The summed E-state index contributed by atoms with van der Waals surface area (Å²) in [6.45, 7) is -2.82. The number of nitrogens with one attached hydrogen (secondary N) is 1. The van der Waals surface area contributed by atoms with Crippen LogP contribution in [0.1, 0.15) is 16.1 Å². The van der Waals surface area contributed by atoms with Gasteiger partial charge in [0.25, 0.3) is 11.5 Å². The molecule has 1 heterocycles. The molecule has 10 heteroatoms. The number of hydrogen-bond acceptors (Lipinski definition) is 5. The van der Waals surface area contributed by atoms with Crippen molar-refractivity contribution in [3.05, 3.63) is 82.0 Å². The predicted molar refractivity (Wildman–Crippen MR) is 105 cm³/mol. The fourth-order valence-electron chi connectivity index (χ4n) is 2.78. The standard InChI is InChI=1S/C21H18F3N3O4/c1-30-17-8-2-13(12-18(17)31-21(23)24)10-11-25-20(29)16-7-9-19(28)27(26-16)15-5-3-14(22)4-6-15/h2-9,12,21H,10-11H2,1H3,(H,25,29). The Kier molecular flexibility index (Phi) is 6.91. The lowest BCUT2D eigenvalue weighted by Gasteiger charge is -2.12. The molecule has 162 valence electrons. The summed E-state index contributed by atoms with van der Waals surface area (Å²) < 4.78 is 48.6. The van der Waals surface area contributed by atoms with Gasteiger partial charge in [-0.2, -0.15) is 18.6 Å². The summed E-state index contributed by atoms with van der Waals surface area (Å²) in [7, 11) is 1.34. The van der Waals surface area contributed by atoms with Gasteiger partial charge in [0.1, 0.15) is 11.5 Å². The zero-order valence-corrected chi connectivity index (χ0v) is 16.3. The average Bonchev–Trinajstić information content (AvgIpc) is 2.74. The molecule has 2 aromatic carbocycles. The minimum atomic E-state index is -2.99. The number of methoxy groups -OCH3 is 1. The summed E-state index contributed by atoms with van der Waals surface area (Å²) in [6.07, 6.45) is 0.326. The summed E-state index contributed by atoms with van der Waals surface area (Å²) in [5.74, 6) is -0.936. The molecule has 0 unspecified atom stereocenters. The second-order valence-corrected chi connectivity index (χ2v) is 6.31. The summed E-state index contributed by atoms with van der Waals surface area (Å²) in [6, 6.07) is 12.1. The fraction of sp³-hybridized carbons (Fsp3) is 0.190. The third-order valence-corrected chi connectivity index (χ3v) is 4.25. The Morgan fingerprint density at radius 1 is 1.10 bits per heavy atom. The Bertz CT molecular complexity index is 1120. The number of rotatable bonds is 8. The van der Waals surface area contributed by atoms with Crippen LogP contribution in [-0.4, -0.2) is 36.0 Å². The molecule has 0 radical (unpaired) electrons. The maximum atomic E-state index is 13.1. The molecule has 0 saturated carbocycles. The van der Waals surface area contributed by atoms with Crippen LogP contribution in [0.4, 0.5) is 13.2 Å². The maximum Gasteiger partial charge on any atom is 0.387 e. The summed E-state index contributed by atoms with van der Waals surface area (Å²) >= 11 is 0. The SMILES string of the molecule is COc1ccc(CCNC(=O)c2ccc(=O)n(-c3ccc(F)cc3)n2)cc1OC(F)F. The van der Waals surface area contributed by atoms with Crippen molar-refractivity contribution in [1.82, 2.24) is 15.1 Å². The molecular weight excluding hydrogens is 415 g/mol. The number of nitrogens with zero attached hydrogens (tertiary/aromatic N) is 2. The molecule has 0 saturated heterocycles. The van der Waals surface area contributed by atoms with Crippen LogP contribution in [0.25, 0.3) is 5.69 Å². The number of benzene rings is 2. The van der Waals surface area contributed by atoms with E-state index in [-0.39, 0.29) is 23.7 Å². The molecule has 1 aromatic heterocycles. The molecule has 31 heavy (non-hydrogen) atoms. The van der Waals surface area contributed by atoms with Gasteiger partial charge in [-0.1, -0.05) is 6.07 Å². The van der Waals surface area contributed by atoms with Gasteiger partial charge >= 0.3 is 6.61 Å². The van der Waals surface area contributed by atoms with Crippen LogP contribution < -0.4 is 20.3 Å². The van der Waals surface area contributed by atoms with E-state index in [1.54, 1.807) is 6.07 Å². The molecule has 0 bridgehead atoms. The van der Waals surface area contributed by atoms with Gasteiger partial charge in [-0.25, -0.2) is 4.39 Å². The number of carbonyl (C=O) groups is 1. The molecule has 0 spiro atoms. The Hall–Kier alpha value is -3.82. The third kappa shape index (κ3) is 5.62. The predicted octanol–water partition coefficient (Wildman–Crippen LogP) is 2.95. The van der Waals surface area contributed by atoms with Gasteiger partial charge in [0.15, 0.2) is 11.5 Å². The first kappa shape index (κ1) is 21.9. The van der Waals surface area contributed by atoms with E-state index in [9.17, 15) is 22.8 Å². The zero-order valence-electron chi connectivity index (χ0n) is 16.3. The molecule has 0 fully saturated rings. The van der Waals surface area contributed by atoms with Crippen molar-refractivity contribution in [3.8, 4) is 17.2 Å². The highest BCUT2D eigenvalue weighted by molar-refractivity contribution is 5.92. The van der Waals surface area contributed by atoms with Gasteiger partial charge in [0.2, 0.25) is 0 Å². The molecule has 0 aliphatic rings. The second-order valence-electron chi connectivity index (χ2n) is 6.31. The van der Waals surface area contributed by atoms with Crippen LogP contribution >= 0.6 is 0 Å². The minimum Gasteiger partial charge on any atom is -0.493 e. The molecule has 0 aliphatic heterocycles. The van der Waals surface area contributed by atoms with Crippen molar-refractivity contribution < 1.29 is 27.4 Å². The van der Waals surface area contributed by atoms with Gasteiger partial charge in [-0.3, -0.25) is 9.59 Å². The summed E-state index contributed by atoms with van der Waals surface area (Å²) in [4.78, 5) is 24.4. The van der Waals surface area contributed by atoms with Crippen LogP contribution in [0, 0.1) is 5.82 Å². The van der Waals surface area contributed by atoms with Crippen LogP contribution in [0.5, 0.6) is 11.5 Å². The minimum absolute atomic E-state index is 0.0135. The quantitative estimate of drug-likeness (QED) is 0.591. The van der Waals surface area contributed by atoms with Gasteiger partial charge in [0, 0.05) is 12.6 Å². The van der Waals surface area contributed by atoms with Crippen molar-refractivity contribution in [2.75, 3.05) is 13.7 Å². The van der Waals surface area contributed by atoms with Crippen molar-refractivity contribution in [3.63, 3.8) is 0 Å². The smallest absolute Gasteiger partial charge is 0.387 e. The highest BCUT2D eigenvalue weighted by Crippen LogP contribution is 2.29. The molecule has 1 amide bonds. The molecule has 7 nitrogen and oxygen atoms in total. The van der Waals surface area contributed by atoms with Gasteiger partial charge in [0.05, 0.1) is 12.8 Å². The molecule has 1 N–H and O–H groups in total. The van der Waals surface area contributed by atoms with Gasteiger partial charge in [-0.05, 0) is 54.4 Å². The Balaban J connectivity index is 1.67. The molecule has 3 rings (SSSR count). The highest BCUT2D eigenvalue weighted by Gasteiger charge is 2.13. The van der Waals surface area contributed by atoms with Gasteiger partial charge < -0.3 is 14.8 Å². The lowest BCUT2D eigenvalue weighted by molar-refractivity contribution is -0.0512. The van der Waals surface area contributed by atoms with Crippen molar-refractivity contribution >= 4 is 5.91 Å². The van der Waals surface area contributed by atoms with Gasteiger partial charge in [-0.15, -0.1) is 0 Å². The number of alkyl halides is 2. The largest absolute Gasteiger partial charge is 0.493 e. The highest BCUT2D eigenvalue weighted by atomic mass is 19.3. The first-order valence-electron chi connectivity index (χ1n) is 9.13. The topological polar surface area (TPSA) is 82.5 Å². The van der Waals surface area contributed by atoms with E-state index in [0.717, 1.165) is 4.68 Å². The number of ether oxygens (including phenoxy) is 2. The first-order valence-corrected chi connectivity index (χ1v) is 9.13. The Morgan fingerprint density at radius 3 is 2.52 bits per heavy atom. The monoisotopic (exact) mass is 433 g/mol. The third-order valence-electron chi connectivity index (χ3n) is 4.25. The lowest BCUT2D eigenvalue weighted by Crippen LogP contribution is -2.30. The number of halogens is 3. The Labute approximate surface area is 175 Å². The maximum absolute atomic E-state index is 13.1. The average molecular weight is 433 g/mol. The van der Waals surface area contributed by atoms with E-state index >= 15 is 0 Å². The van der Waals surface area contributed by atoms with E-state index in [0.29, 0.717) is 17.7 Å². The van der Waals surface area contributed by atoms with Crippen molar-refractivity contribution in [2.45, 2.75) is 13.0 Å². The molecule has 3 aromatic rings. The fourth-order valence-corrected chi connectivity index (χ4v) is 2.78. The Morgan fingerprint density at radius 2 is 1.84 bits per heavy atom. The van der Waals surface area contributed by atoms with E-state index < -0.39 is 23.9 Å². The van der Waals surface area contributed by atoms with Crippen molar-refractivity contribution in [1.29, 1.82) is 0 Å². The number of amides is 1. The summed E-state index contributed by atoms with van der Waals surface area (Å²) in [5.41, 5.74) is 0.458. The van der Waals surface area contributed by atoms with E-state index in [1.807, 2.05) is 0 Å². The van der Waals surface area contributed by atoms with E-state index in [4.69, 9.17) is 4.74 Å². The first-order chi connectivity index (χ1) is 14.9. The molecule has 0 atom stereocenters.